The number of hydrazone groups is 1. The maximum absolute atomic E-state index is 11.9. The molecule has 2 aromatic rings. The Morgan fingerprint density at radius 2 is 2.30 bits per heavy atom. The summed E-state index contributed by atoms with van der Waals surface area (Å²) in [5.41, 5.74) is 3.94. The number of carbonyl (C=O) groups is 1. The molecular formula is C15H14N4O. The second-order valence-corrected chi connectivity index (χ2v) is 4.68. The van der Waals surface area contributed by atoms with Crippen molar-refractivity contribution in [1.82, 2.24) is 9.99 Å². The van der Waals surface area contributed by atoms with Crippen molar-refractivity contribution in [2.75, 3.05) is 5.32 Å². The maximum Gasteiger partial charge on any atom is 0.342 e. The van der Waals surface area contributed by atoms with Gasteiger partial charge in [0.25, 0.3) is 0 Å². The summed E-state index contributed by atoms with van der Waals surface area (Å²) < 4.78 is 0. The molecule has 5 nitrogen and oxygen atoms in total. The monoisotopic (exact) mass is 266 g/mol. The Morgan fingerprint density at radius 3 is 3.10 bits per heavy atom. The lowest BCUT2D eigenvalue weighted by atomic mass is 10.1. The third-order valence-corrected chi connectivity index (χ3v) is 3.09. The summed E-state index contributed by atoms with van der Waals surface area (Å²) in [6.07, 6.45) is 5.03. The summed E-state index contributed by atoms with van der Waals surface area (Å²) in [7, 11) is 0. The van der Waals surface area contributed by atoms with Gasteiger partial charge in [-0.1, -0.05) is 23.8 Å². The summed E-state index contributed by atoms with van der Waals surface area (Å²) in [6.45, 7) is 2.50. The number of rotatable bonds is 2. The lowest BCUT2D eigenvalue weighted by Crippen LogP contribution is -2.35. The van der Waals surface area contributed by atoms with Gasteiger partial charge in [0.1, 0.15) is 0 Å². The largest absolute Gasteiger partial charge is 0.342 e. The molecule has 100 valence electrons. The first-order valence-corrected chi connectivity index (χ1v) is 6.34. The van der Waals surface area contributed by atoms with Gasteiger partial charge in [0.15, 0.2) is 0 Å². The van der Waals surface area contributed by atoms with Crippen molar-refractivity contribution in [2.45, 2.75) is 13.5 Å². The number of urea groups is 1. The molecule has 0 saturated heterocycles. The molecule has 0 aliphatic carbocycles. The van der Waals surface area contributed by atoms with Crippen LogP contribution in [-0.2, 0) is 6.54 Å². The zero-order chi connectivity index (χ0) is 13.9. The number of hydrogen-bond acceptors (Lipinski definition) is 3. The zero-order valence-corrected chi connectivity index (χ0v) is 11.1. The molecule has 0 bridgehead atoms. The van der Waals surface area contributed by atoms with Gasteiger partial charge in [0.05, 0.1) is 12.8 Å². The molecule has 0 unspecified atom stereocenters. The van der Waals surface area contributed by atoms with Crippen molar-refractivity contribution in [2.24, 2.45) is 5.10 Å². The number of amides is 2. The number of nitrogens with one attached hydrogen (secondary N) is 1. The number of anilines is 1. The molecule has 0 spiro atoms. The van der Waals surface area contributed by atoms with Crippen LogP contribution in [0.1, 0.15) is 16.7 Å². The Morgan fingerprint density at radius 1 is 1.40 bits per heavy atom. The summed E-state index contributed by atoms with van der Waals surface area (Å²) >= 11 is 0. The molecule has 20 heavy (non-hydrogen) atoms. The first kappa shape index (κ1) is 12.3. The molecule has 0 saturated carbocycles. The number of aromatic nitrogens is 1. The van der Waals surface area contributed by atoms with Gasteiger partial charge < -0.3 is 5.32 Å². The summed E-state index contributed by atoms with van der Waals surface area (Å²) in [4.78, 5) is 16.0. The average Bonchev–Trinajstić information content (AvgIpc) is 2.46. The number of carbonyl (C=O) groups excluding carboxylic acids is 1. The molecule has 3 rings (SSSR count). The fourth-order valence-corrected chi connectivity index (χ4v) is 2.07. The second kappa shape index (κ2) is 5.13. The van der Waals surface area contributed by atoms with Crippen LogP contribution >= 0.6 is 0 Å². The maximum atomic E-state index is 11.9. The number of nitrogens with zero attached hydrogens (tertiary/aromatic N) is 3. The van der Waals surface area contributed by atoms with Gasteiger partial charge >= 0.3 is 6.03 Å². The molecule has 5 heteroatoms. The Labute approximate surface area is 116 Å². The predicted octanol–water partition coefficient (Wildman–Crippen LogP) is 2.77. The van der Waals surface area contributed by atoms with E-state index < -0.39 is 0 Å². The van der Waals surface area contributed by atoms with Crippen LogP contribution in [0.2, 0.25) is 0 Å². The van der Waals surface area contributed by atoms with Crippen LogP contribution in [0.4, 0.5) is 10.5 Å². The summed E-state index contributed by atoms with van der Waals surface area (Å²) in [5, 5.41) is 8.46. The Hall–Kier alpha value is -2.69. The van der Waals surface area contributed by atoms with Crippen LogP contribution < -0.4 is 5.32 Å². The van der Waals surface area contributed by atoms with E-state index in [0.29, 0.717) is 6.54 Å². The van der Waals surface area contributed by atoms with Crippen LogP contribution in [0.3, 0.4) is 0 Å². The van der Waals surface area contributed by atoms with E-state index in [-0.39, 0.29) is 6.03 Å². The standard InChI is InChI=1S/C15H14N4O/c1-11-4-5-14-13(7-11)10-19(15(20)18-14)17-9-12-3-2-6-16-8-12/h2-9H,10H2,1H3,(H,18,20)/b17-9+. The van der Waals surface area contributed by atoms with Gasteiger partial charge in [-0.15, -0.1) is 0 Å². The number of pyridine rings is 1. The van der Waals surface area contributed by atoms with Gasteiger partial charge in [-0.3, -0.25) is 4.98 Å². The third kappa shape index (κ3) is 2.51. The van der Waals surface area contributed by atoms with Crippen molar-refractivity contribution < 1.29 is 4.79 Å². The van der Waals surface area contributed by atoms with Gasteiger partial charge in [0, 0.05) is 23.6 Å². The second-order valence-electron chi connectivity index (χ2n) is 4.68. The molecule has 2 heterocycles. The lowest BCUT2D eigenvalue weighted by Gasteiger charge is -2.25. The first-order valence-electron chi connectivity index (χ1n) is 6.34. The average molecular weight is 266 g/mol. The highest BCUT2D eigenvalue weighted by Crippen LogP contribution is 2.24. The number of benzene rings is 1. The Balaban J connectivity index is 1.82. The van der Waals surface area contributed by atoms with E-state index in [2.05, 4.69) is 21.5 Å². The van der Waals surface area contributed by atoms with Crippen LogP contribution in [0.5, 0.6) is 0 Å². The number of aryl methyl sites for hydroxylation is 1. The normalized spacial score (nSPS) is 14.2. The minimum absolute atomic E-state index is 0.221. The molecule has 1 aromatic heterocycles. The highest BCUT2D eigenvalue weighted by Gasteiger charge is 2.21. The topological polar surface area (TPSA) is 57.6 Å². The molecule has 0 radical (unpaired) electrons. The van der Waals surface area contributed by atoms with Crippen molar-refractivity contribution in [1.29, 1.82) is 0 Å². The third-order valence-electron chi connectivity index (χ3n) is 3.09. The minimum Gasteiger partial charge on any atom is -0.306 e. The van der Waals surface area contributed by atoms with Crippen molar-refractivity contribution in [3.05, 3.63) is 59.4 Å². The van der Waals surface area contributed by atoms with Gasteiger partial charge in [-0.05, 0) is 24.6 Å². The van der Waals surface area contributed by atoms with Crippen LogP contribution in [0.25, 0.3) is 0 Å². The fourth-order valence-electron chi connectivity index (χ4n) is 2.07. The minimum atomic E-state index is -0.221. The molecule has 1 aliphatic rings. The zero-order valence-electron chi connectivity index (χ0n) is 11.1. The van der Waals surface area contributed by atoms with Crippen LogP contribution in [-0.4, -0.2) is 22.2 Å². The van der Waals surface area contributed by atoms with Crippen molar-refractivity contribution in [3.8, 4) is 0 Å². The molecule has 2 amide bonds. The highest BCUT2D eigenvalue weighted by molar-refractivity contribution is 5.93. The summed E-state index contributed by atoms with van der Waals surface area (Å²) in [5.74, 6) is 0. The lowest BCUT2D eigenvalue weighted by molar-refractivity contribution is 0.209. The predicted molar refractivity (Wildman–Crippen MR) is 77.6 cm³/mol. The molecular weight excluding hydrogens is 252 g/mol. The first-order chi connectivity index (χ1) is 9.72. The van der Waals surface area contributed by atoms with E-state index >= 15 is 0 Å². The highest BCUT2D eigenvalue weighted by atomic mass is 16.2. The van der Waals surface area contributed by atoms with Crippen LogP contribution in [0.15, 0.2) is 47.8 Å². The van der Waals surface area contributed by atoms with E-state index in [1.165, 1.54) is 5.01 Å². The summed E-state index contributed by atoms with van der Waals surface area (Å²) in [6, 6.07) is 9.45. The molecule has 0 fully saturated rings. The van der Waals surface area contributed by atoms with Gasteiger partial charge in [-0.2, -0.15) is 5.10 Å². The quantitative estimate of drug-likeness (QED) is 0.850. The van der Waals surface area contributed by atoms with E-state index in [0.717, 1.165) is 22.4 Å². The smallest absolute Gasteiger partial charge is 0.306 e. The number of fused-ring (bicyclic) bond motifs is 1. The van der Waals surface area contributed by atoms with Crippen molar-refractivity contribution >= 4 is 17.9 Å². The Kier molecular flexibility index (Phi) is 3.16. The molecule has 0 atom stereocenters. The molecule has 1 N–H and O–H groups in total. The van der Waals surface area contributed by atoms with E-state index in [1.807, 2.05) is 31.2 Å². The van der Waals surface area contributed by atoms with Crippen molar-refractivity contribution in [3.63, 3.8) is 0 Å². The molecule has 1 aliphatic heterocycles. The molecule has 1 aromatic carbocycles. The van der Waals surface area contributed by atoms with Gasteiger partial charge in [0.2, 0.25) is 0 Å². The van der Waals surface area contributed by atoms with E-state index in [1.54, 1.807) is 18.6 Å². The van der Waals surface area contributed by atoms with Gasteiger partial charge in [-0.25, -0.2) is 9.80 Å². The van der Waals surface area contributed by atoms with E-state index in [4.69, 9.17) is 0 Å². The van der Waals surface area contributed by atoms with E-state index in [9.17, 15) is 4.79 Å². The Bertz CT molecular complexity index is 667. The SMILES string of the molecule is Cc1ccc2c(c1)CN(/N=C/c1cccnc1)C(=O)N2. The van der Waals surface area contributed by atoms with Crippen LogP contribution in [0, 0.1) is 6.92 Å². The number of hydrogen-bond donors (Lipinski definition) is 1. The fraction of sp³-hybridized carbons (Fsp3) is 0.133.